The first-order valence-corrected chi connectivity index (χ1v) is 21.0. The molecular formula is C56H36N6O. The number of hydrogen-bond donors (Lipinski definition) is 0. The van der Waals surface area contributed by atoms with Gasteiger partial charge in [-0.2, -0.15) is 0 Å². The highest BCUT2D eigenvalue weighted by atomic mass is 16.5. The van der Waals surface area contributed by atoms with Crippen LogP contribution in [0.2, 0.25) is 0 Å². The predicted octanol–water partition coefficient (Wildman–Crippen LogP) is 13.9. The highest BCUT2D eigenvalue weighted by molar-refractivity contribution is 6.00. The van der Waals surface area contributed by atoms with E-state index < -0.39 is 0 Å². The van der Waals surface area contributed by atoms with Crippen molar-refractivity contribution in [3.05, 3.63) is 218 Å². The van der Waals surface area contributed by atoms with E-state index in [0.29, 0.717) is 11.5 Å². The molecule has 0 fully saturated rings. The highest BCUT2D eigenvalue weighted by Gasteiger charge is 2.22. The maximum atomic E-state index is 6.53. The average molecular weight is 809 g/mol. The fourth-order valence-electron chi connectivity index (χ4n) is 8.90. The second-order valence-corrected chi connectivity index (χ2v) is 15.6. The standard InChI is InChI=1S/C56H36N6O/c1-5-21-45-37(13-1)17-9-25-49(45)53-57-58-54(50-26-10-18-38-14-2-6-22-46(38)50)61(53)41-29-33-43(34-30-41)63-44-35-31-42(32-36-44)62-55(51-27-11-19-39-15-3-7-23-47(39)51)59-60-56(62)52-28-12-20-40-16-4-8-24-48(40)52/h1-36H. The van der Waals surface area contributed by atoms with Gasteiger partial charge in [-0.1, -0.05) is 170 Å². The Labute approximate surface area is 362 Å². The molecule has 0 saturated heterocycles. The van der Waals surface area contributed by atoms with Gasteiger partial charge in [0.15, 0.2) is 23.3 Å². The van der Waals surface area contributed by atoms with E-state index in [1.54, 1.807) is 0 Å². The molecule has 63 heavy (non-hydrogen) atoms. The number of rotatable bonds is 8. The van der Waals surface area contributed by atoms with Gasteiger partial charge in [-0.15, -0.1) is 20.4 Å². The Hall–Kier alpha value is -8.68. The van der Waals surface area contributed by atoms with E-state index in [0.717, 1.165) is 100 Å². The molecule has 7 nitrogen and oxygen atoms in total. The number of hydrogen-bond acceptors (Lipinski definition) is 5. The van der Waals surface area contributed by atoms with Crippen LogP contribution < -0.4 is 4.74 Å². The molecule has 0 spiro atoms. The quantitative estimate of drug-likeness (QED) is 0.153. The zero-order chi connectivity index (χ0) is 41.7. The van der Waals surface area contributed by atoms with E-state index in [4.69, 9.17) is 25.1 Å². The van der Waals surface area contributed by atoms with Gasteiger partial charge in [0.25, 0.3) is 0 Å². The molecule has 2 heterocycles. The van der Waals surface area contributed by atoms with Crippen LogP contribution >= 0.6 is 0 Å². The van der Waals surface area contributed by atoms with E-state index in [1.165, 1.54) is 0 Å². The number of aromatic nitrogens is 6. The topological polar surface area (TPSA) is 70.7 Å². The molecule has 0 aliphatic heterocycles. The van der Waals surface area contributed by atoms with Gasteiger partial charge in [0, 0.05) is 33.6 Å². The van der Waals surface area contributed by atoms with E-state index in [9.17, 15) is 0 Å². The lowest BCUT2D eigenvalue weighted by Crippen LogP contribution is -2.02. The zero-order valence-electron chi connectivity index (χ0n) is 33.9. The first-order valence-electron chi connectivity index (χ1n) is 21.0. The molecule has 0 aliphatic carbocycles. The van der Waals surface area contributed by atoms with Crippen molar-refractivity contribution in [1.82, 2.24) is 29.5 Å². The van der Waals surface area contributed by atoms with Crippen LogP contribution in [0.5, 0.6) is 11.5 Å². The van der Waals surface area contributed by atoms with Crippen molar-refractivity contribution in [2.24, 2.45) is 0 Å². The third kappa shape index (κ3) is 6.30. The lowest BCUT2D eigenvalue weighted by molar-refractivity contribution is 0.482. The maximum absolute atomic E-state index is 6.53. The molecule has 2 aromatic heterocycles. The first-order chi connectivity index (χ1) is 31.2. The first kappa shape index (κ1) is 36.2. The van der Waals surface area contributed by atoms with Crippen LogP contribution in [0.4, 0.5) is 0 Å². The summed E-state index contributed by atoms with van der Waals surface area (Å²) in [7, 11) is 0. The minimum absolute atomic E-state index is 0.704. The van der Waals surface area contributed by atoms with Gasteiger partial charge in [0.1, 0.15) is 11.5 Å². The molecule has 0 amide bonds. The number of ether oxygens (including phenoxy) is 1. The summed E-state index contributed by atoms with van der Waals surface area (Å²) in [6.07, 6.45) is 0. The lowest BCUT2D eigenvalue weighted by atomic mass is 10.0. The van der Waals surface area contributed by atoms with E-state index in [-0.39, 0.29) is 0 Å². The minimum Gasteiger partial charge on any atom is -0.457 e. The van der Waals surface area contributed by atoms with E-state index in [2.05, 4.69) is 203 Å². The van der Waals surface area contributed by atoms with Crippen molar-refractivity contribution in [1.29, 1.82) is 0 Å². The highest BCUT2D eigenvalue weighted by Crippen LogP contribution is 2.38. The summed E-state index contributed by atoms with van der Waals surface area (Å²) in [5.41, 5.74) is 5.87. The predicted molar refractivity (Wildman–Crippen MR) is 255 cm³/mol. The van der Waals surface area contributed by atoms with Gasteiger partial charge >= 0.3 is 0 Å². The van der Waals surface area contributed by atoms with Crippen molar-refractivity contribution in [3.8, 4) is 68.4 Å². The molecule has 0 aliphatic rings. The molecule has 0 unspecified atom stereocenters. The van der Waals surface area contributed by atoms with Crippen LogP contribution in [-0.2, 0) is 0 Å². The number of benzene rings is 10. The summed E-state index contributed by atoms with van der Waals surface area (Å²) in [6.45, 7) is 0. The molecule has 12 aromatic rings. The molecule has 296 valence electrons. The Morgan fingerprint density at radius 3 is 0.794 bits per heavy atom. The third-order valence-corrected chi connectivity index (χ3v) is 11.9. The Balaban J connectivity index is 0.922. The molecule has 7 heteroatoms. The second-order valence-electron chi connectivity index (χ2n) is 15.6. The summed E-state index contributed by atoms with van der Waals surface area (Å²) >= 11 is 0. The van der Waals surface area contributed by atoms with Gasteiger partial charge in [0.05, 0.1) is 0 Å². The average Bonchev–Trinajstić information content (AvgIpc) is 3.99. The van der Waals surface area contributed by atoms with Crippen molar-refractivity contribution >= 4 is 43.1 Å². The molecule has 0 saturated carbocycles. The van der Waals surface area contributed by atoms with E-state index >= 15 is 0 Å². The molecular weight excluding hydrogens is 773 g/mol. The van der Waals surface area contributed by atoms with Gasteiger partial charge in [-0.3, -0.25) is 9.13 Å². The van der Waals surface area contributed by atoms with Crippen molar-refractivity contribution in [3.63, 3.8) is 0 Å². The molecule has 0 atom stereocenters. The fraction of sp³-hybridized carbons (Fsp3) is 0. The fourth-order valence-corrected chi connectivity index (χ4v) is 8.90. The largest absolute Gasteiger partial charge is 0.457 e. The van der Waals surface area contributed by atoms with Crippen LogP contribution in [-0.4, -0.2) is 29.5 Å². The van der Waals surface area contributed by atoms with Crippen LogP contribution in [0, 0.1) is 0 Å². The SMILES string of the molecule is c1ccc2c(-c3nnc(-c4cccc5ccccc45)n3-c3ccc(Oc4ccc(-n5c(-c6cccc7ccccc67)nnc5-c5cccc6ccccc56)cc4)cc3)cccc2c1. The Kier molecular flexibility index (Phi) is 8.67. The summed E-state index contributed by atoms with van der Waals surface area (Å²) in [4.78, 5) is 0. The third-order valence-electron chi connectivity index (χ3n) is 11.9. The Morgan fingerprint density at radius 2 is 0.508 bits per heavy atom. The number of nitrogens with zero attached hydrogens (tertiary/aromatic N) is 6. The zero-order valence-corrected chi connectivity index (χ0v) is 33.9. The second kappa shape index (κ2) is 15.1. The molecule has 12 rings (SSSR count). The van der Waals surface area contributed by atoms with Gasteiger partial charge in [0.2, 0.25) is 0 Å². The molecule has 0 radical (unpaired) electrons. The summed E-state index contributed by atoms with van der Waals surface area (Å²) in [6, 6.07) is 75.2. The lowest BCUT2D eigenvalue weighted by Gasteiger charge is -2.15. The molecule has 10 aromatic carbocycles. The van der Waals surface area contributed by atoms with Crippen molar-refractivity contribution < 1.29 is 4.74 Å². The van der Waals surface area contributed by atoms with Crippen LogP contribution in [0.1, 0.15) is 0 Å². The summed E-state index contributed by atoms with van der Waals surface area (Å²) in [5.74, 6) is 4.46. The Bertz CT molecular complexity index is 3210. The van der Waals surface area contributed by atoms with Gasteiger partial charge in [-0.25, -0.2) is 0 Å². The van der Waals surface area contributed by atoms with Gasteiger partial charge < -0.3 is 4.74 Å². The smallest absolute Gasteiger partial charge is 0.169 e. The Morgan fingerprint density at radius 1 is 0.254 bits per heavy atom. The van der Waals surface area contributed by atoms with Crippen LogP contribution in [0.25, 0.3) is 100 Å². The summed E-state index contributed by atoms with van der Waals surface area (Å²) < 4.78 is 10.8. The summed E-state index contributed by atoms with van der Waals surface area (Å²) in [5, 5.41) is 28.5. The van der Waals surface area contributed by atoms with Gasteiger partial charge in [-0.05, 0) is 91.6 Å². The van der Waals surface area contributed by atoms with Crippen molar-refractivity contribution in [2.75, 3.05) is 0 Å². The minimum atomic E-state index is 0.704. The van der Waals surface area contributed by atoms with Crippen LogP contribution in [0.15, 0.2) is 218 Å². The normalized spacial score (nSPS) is 11.5. The van der Waals surface area contributed by atoms with E-state index in [1.807, 2.05) is 24.3 Å². The molecule has 0 bridgehead atoms. The maximum Gasteiger partial charge on any atom is 0.169 e. The van der Waals surface area contributed by atoms with Crippen molar-refractivity contribution in [2.45, 2.75) is 0 Å². The number of fused-ring (bicyclic) bond motifs is 4. The van der Waals surface area contributed by atoms with Crippen LogP contribution in [0.3, 0.4) is 0 Å². The molecule has 0 N–H and O–H groups in total. The monoisotopic (exact) mass is 808 g/mol.